The van der Waals surface area contributed by atoms with Crippen LogP contribution in [0.3, 0.4) is 0 Å². The highest BCUT2D eigenvalue weighted by atomic mass is 35.5. The summed E-state index contributed by atoms with van der Waals surface area (Å²) in [6.07, 6.45) is 0.698. The second-order valence-corrected chi connectivity index (χ2v) is 11.4. The van der Waals surface area contributed by atoms with Crippen LogP contribution in [-0.2, 0) is 4.79 Å². The van der Waals surface area contributed by atoms with E-state index in [-0.39, 0.29) is 24.4 Å². The van der Waals surface area contributed by atoms with E-state index in [1.807, 2.05) is 65.4 Å². The molecule has 3 N–H and O–H groups in total. The van der Waals surface area contributed by atoms with Crippen LogP contribution in [-0.4, -0.2) is 65.1 Å². The first-order valence-corrected chi connectivity index (χ1v) is 13.3. The Morgan fingerprint density at radius 2 is 1.91 bits per heavy atom. The molecule has 2 fully saturated rings. The Labute approximate surface area is 207 Å². The van der Waals surface area contributed by atoms with Crippen molar-refractivity contribution in [3.8, 4) is 17.2 Å². The number of nitriles is 1. The molecule has 0 bridgehead atoms. The standard InChI is InChI=1S/C24H30ClN5O3S/c1-17-13-23(24(31)27-10-9-26)29(15-17)22-14-19(5-8-21(22)25)18-3-6-20(7-4-18)30-12-11-28(2)16-34(30,32)33/h3-8,14,17,23,32-33H,10-13,15-16H2,1-2H3,(H,27,31)/t17-,23-/m0/s1. The van der Waals surface area contributed by atoms with E-state index in [1.54, 1.807) is 4.31 Å². The van der Waals surface area contributed by atoms with Gasteiger partial charge in [0.15, 0.2) is 0 Å². The van der Waals surface area contributed by atoms with Gasteiger partial charge in [0.25, 0.3) is 0 Å². The van der Waals surface area contributed by atoms with E-state index in [0.717, 1.165) is 29.0 Å². The van der Waals surface area contributed by atoms with Gasteiger partial charge in [0.1, 0.15) is 18.5 Å². The van der Waals surface area contributed by atoms with Crippen molar-refractivity contribution in [2.24, 2.45) is 5.92 Å². The summed E-state index contributed by atoms with van der Waals surface area (Å²) < 4.78 is 22.7. The third kappa shape index (κ3) is 5.11. The summed E-state index contributed by atoms with van der Waals surface area (Å²) >= 11 is 6.57. The lowest BCUT2D eigenvalue weighted by Gasteiger charge is -2.50. The van der Waals surface area contributed by atoms with E-state index in [4.69, 9.17) is 16.9 Å². The van der Waals surface area contributed by atoms with E-state index >= 15 is 0 Å². The number of nitrogens with one attached hydrogen (secondary N) is 1. The van der Waals surface area contributed by atoms with Crippen LogP contribution in [0.5, 0.6) is 0 Å². The molecule has 0 radical (unpaired) electrons. The molecule has 0 aromatic heterocycles. The van der Waals surface area contributed by atoms with Crippen molar-refractivity contribution >= 4 is 39.7 Å². The van der Waals surface area contributed by atoms with Gasteiger partial charge in [0, 0.05) is 13.1 Å². The average molecular weight is 504 g/mol. The largest absolute Gasteiger partial charge is 0.358 e. The van der Waals surface area contributed by atoms with Crippen molar-refractivity contribution < 1.29 is 13.9 Å². The lowest BCUT2D eigenvalue weighted by atomic mass is 10.0. The van der Waals surface area contributed by atoms with E-state index in [9.17, 15) is 13.9 Å². The van der Waals surface area contributed by atoms with Crippen LogP contribution in [0.1, 0.15) is 13.3 Å². The lowest BCUT2D eigenvalue weighted by Crippen LogP contribution is -2.45. The quantitative estimate of drug-likeness (QED) is 0.524. The van der Waals surface area contributed by atoms with Crippen molar-refractivity contribution in [3.05, 3.63) is 47.5 Å². The number of carbonyl (C=O) groups excluding carboxylic acids is 1. The SMILES string of the molecule is C[C@H]1C[C@@H](C(=O)NCC#N)N(c2cc(-c3ccc(N4CCN(C)CS4(O)O)cc3)ccc2Cl)C1. The van der Waals surface area contributed by atoms with Crippen molar-refractivity contribution in [2.45, 2.75) is 19.4 Å². The fraction of sp³-hybridized carbons (Fsp3) is 0.417. The predicted molar refractivity (Wildman–Crippen MR) is 138 cm³/mol. The summed E-state index contributed by atoms with van der Waals surface area (Å²) in [4.78, 5) is 16.6. The topological polar surface area (TPSA) is 103 Å². The number of nitrogens with zero attached hydrogens (tertiary/aromatic N) is 4. The fourth-order valence-electron chi connectivity index (χ4n) is 4.67. The number of halogens is 1. The Kier molecular flexibility index (Phi) is 7.26. The van der Waals surface area contributed by atoms with Crippen molar-refractivity contribution in [1.82, 2.24) is 10.2 Å². The van der Waals surface area contributed by atoms with Gasteiger partial charge in [-0.2, -0.15) is 5.26 Å². The van der Waals surface area contributed by atoms with Gasteiger partial charge in [0.2, 0.25) is 5.91 Å². The smallest absolute Gasteiger partial charge is 0.243 e. The van der Waals surface area contributed by atoms with Crippen LogP contribution in [0.15, 0.2) is 42.5 Å². The Balaban J connectivity index is 1.59. The highest BCUT2D eigenvalue weighted by Gasteiger charge is 2.36. The zero-order valence-electron chi connectivity index (χ0n) is 19.3. The van der Waals surface area contributed by atoms with Gasteiger partial charge >= 0.3 is 0 Å². The molecule has 182 valence electrons. The molecule has 2 heterocycles. The average Bonchev–Trinajstić information content (AvgIpc) is 3.19. The molecule has 8 nitrogen and oxygen atoms in total. The molecule has 1 amide bonds. The number of likely N-dealkylation sites (N-methyl/N-ethyl adjacent to an activating group) is 1. The zero-order valence-corrected chi connectivity index (χ0v) is 20.9. The number of benzene rings is 2. The van der Waals surface area contributed by atoms with Crippen LogP contribution in [0.4, 0.5) is 11.4 Å². The van der Waals surface area contributed by atoms with Crippen LogP contribution >= 0.6 is 22.4 Å². The highest BCUT2D eigenvalue weighted by molar-refractivity contribution is 8.25. The number of hydrogen-bond acceptors (Lipinski definition) is 7. The zero-order chi connectivity index (χ0) is 24.5. The minimum Gasteiger partial charge on any atom is -0.358 e. The number of hydrogen-bond donors (Lipinski definition) is 3. The summed E-state index contributed by atoms with van der Waals surface area (Å²) in [6.45, 7) is 4.09. The predicted octanol–water partition coefficient (Wildman–Crippen LogP) is 4.24. The summed E-state index contributed by atoms with van der Waals surface area (Å²) in [6, 6.07) is 15.1. The van der Waals surface area contributed by atoms with Crippen molar-refractivity contribution in [3.63, 3.8) is 0 Å². The summed E-state index contributed by atoms with van der Waals surface area (Å²) in [5.41, 5.74) is 3.48. The highest BCUT2D eigenvalue weighted by Crippen LogP contribution is 2.48. The molecule has 0 aliphatic carbocycles. The van der Waals surface area contributed by atoms with E-state index < -0.39 is 10.8 Å². The molecule has 0 spiro atoms. The molecule has 0 saturated carbocycles. The van der Waals surface area contributed by atoms with Crippen molar-refractivity contribution in [1.29, 1.82) is 5.26 Å². The van der Waals surface area contributed by atoms with Crippen LogP contribution in [0.2, 0.25) is 5.02 Å². The maximum Gasteiger partial charge on any atom is 0.243 e. The first-order valence-electron chi connectivity index (χ1n) is 11.2. The summed E-state index contributed by atoms with van der Waals surface area (Å²) in [5.74, 6) is 0.384. The molecule has 2 aliphatic heterocycles. The Morgan fingerprint density at radius 1 is 1.21 bits per heavy atom. The number of rotatable bonds is 5. The molecule has 34 heavy (non-hydrogen) atoms. The molecule has 2 aliphatic rings. The van der Waals surface area contributed by atoms with Gasteiger partial charge in [-0.05, 0) is 54.8 Å². The molecule has 10 heteroatoms. The molecule has 2 aromatic carbocycles. The molecular weight excluding hydrogens is 474 g/mol. The fourth-order valence-corrected chi connectivity index (χ4v) is 6.59. The number of amides is 1. The van der Waals surface area contributed by atoms with Crippen LogP contribution in [0, 0.1) is 17.2 Å². The molecule has 0 unspecified atom stereocenters. The maximum absolute atomic E-state index is 12.7. The minimum absolute atomic E-state index is 0.0182. The van der Waals surface area contributed by atoms with E-state index in [2.05, 4.69) is 12.2 Å². The first-order chi connectivity index (χ1) is 16.2. The Hall–Kier alpha value is -2.48. The summed E-state index contributed by atoms with van der Waals surface area (Å²) in [7, 11) is -0.995. The molecule has 4 rings (SSSR count). The molecule has 2 aromatic rings. The first kappa shape index (κ1) is 24.6. The van der Waals surface area contributed by atoms with Crippen molar-refractivity contribution in [2.75, 3.05) is 48.3 Å². The third-order valence-corrected chi connectivity index (χ3v) is 8.54. The van der Waals surface area contributed by atoms with Gasteiger partial charge in [-0.1, -0.05) is 36.7 Å². The van der Waals surface area contributed by atoms with Crippen LogP contribution in [0.25, 0.3) is 11.1 Å². The second kappa shape index (κ2) is 10.0. The maximum atomic E-state index is 12.7. The van der Waals surface area contributed by atoms with Gasteiger partial charge in [-0.25, -0.2) is 0 Å². The molecule has 2 saturated heterocycles. The molecule has 2 atom stereocenters. The third-order valence-electron chi connectivity index (χ3n) is 6.33. The second-order valence-electron chi connectivity index (χ2n) is 9.04. The minimum atomic E-state index is -2.88. The van der Waals surface area contributed by atoms with Crippen LogP contribution < -0.4 is 14.5 Å². The van der Waals surface area contributed by atoms with Gasteiger partial charge in [-0.3, -0.25) is 23.1 Å². The van der Waals surface area contributed by atoms with Gasteiger partial charge in [0.05, 0.1) is 29.0 Å². The summed E-state index contributed by atoms with van der Waals surface area (Å²) in [5, 5.41) is 12.1. The number of carbonyl (C=O) groups is 1. The Bertz CT molecular complexity index is 1090. The Morgan fingerprint density at radius 3 is 2.59 bits per heavy atom. The van der Waals surface area contributed by atoms with Gasteiger partial charge in [-0.15, -0.1) is 10.8 Å². The molecular formula is C24H30ClN5O3S. The monoisotopic (exact) mass is 503 g/mol. The normalized spacial score (nSPS) is 23.4. The lowest BCUT2D eigenvalue weighted by molar-refractivity contribution is -0.122. The van der Waals surface area contributed by atoms with E-state index in [0.29, 0.717) is 30.5 Å². The van der Waals surface area contributed by atoms with Gasteiger partial charge < -0.3 is 10.2 Å². The number of anilines is 2. The van der Waals surface area contributed by atoms with E-state index in [1.165, 1.54) is 0 Å².